The van der Waals surface area contributed by atoms with Crippen LogP contribution in [0.1, 0.15) is 65.7 Å². The SMILES string of the molecule is CO[C@H](/C=C\CC/C=C/C(=O)O)[C@@H](O)[C@H](C)[C@H](O)/C(C)=C/[C@@H](C)C(=O)CCCC1CC(=O)NC(=O)C1. The molecule has 4 N–H and O–H groups in total. The Kier molecular flexibility index (Phi) is 14.1. The van der Waals surface area contributed by atoms with Gasteiger partial charge in [0.05, 0.1) is 12.2 Å². The number of allylic oxidation sites excluding steroid dienone is 3. The van der Waals surface area contributed by atoms with E-state index in [0.717, 1.165) is 6.08 Å². The Labute approximate surface area is 213 Å². The third kappa shape index (κ3) is 11.4. The number of aliphatic hydroxyl groups excluding tert-OH is 2. The molecule has 5 atom stereocenters. The summed E-state index contributed by atoms with van der Waals surface area (Å²) >= 11 is 0. The third-order valence-corrected chi connectivity index (χ3v) is 6.48. The van der Waals surface area contributed by atoms with Crippen molar-refractivity contribution >= 4 is 23.6 Å². The maximum Gasteiger partial charge on any atom is 0.327 e. The number of carbonyl (C=O) groups is 4. The Bertz CT molecular complexity index is 831. The van der Waals surface area contributed by atoms with Gasteiger partial charge >= 0.3 is 5.97 Å². The predicted octanol–water partition coefficient (Wildman–Crippen LogP) is 2.71. The van der Waals surface area contributed by atoms with Gasteiger partial charge in [-0.2, -0.15) is 0 Å². The van der Waals surface area contributed by atoms with Crippen molar-refractivity contribution in [1.82, 2.24) is 5.32 Å². The highest BCUT2D eigenvalue weighted by Gasteiger charge is 2.30. The highest BCUT2D eigenvalue weighted by Crippen LogP contribution is 2.23. The summed E-state index contributed by atoms with van der Waals surface area (Å²) in [4.78, 5) is 46.0. The minimum Gasteiger partial charge on any atom is -0.478 e. The third-order valence-electron chi connectivity index (χ3n) is 6.48. The fourth-order valence-corrected chi connectivity index (χ4v) is 4.28. The topological polar surface area (TPSA) is 150 Å². The van der Waals surface area contributed by atoms with E-state index in [1.807, 2.05) is 0 Å². The lowest BCUT2D eigenvalue weighted by molar-refractivity contribution is -0.135. The van der Waals surface area contributed by atoms with Gasteiger partial charge in [-0.1, -0.05) is 38.2 Å². The van der Waals surface area contributed by atoms with Gasteiger partial charge in [0.1, 0.15) is 11.9 Å². The van der Waals surface area contributed by atoms with Gasteiger partial charge in [0.2, 0.25) is 11.8 Å². The standard InChI is InChI=1S/C27H41NO8/c1-17(21(29)11-9-10-20-15-23(30)28-24(31)16-20)14-18(2)26(34)19(3)27(35)22(36-4)12-7-5-6-8-13-25(32)33/h7-8,12-14,17,19-20,22,26-27,34-35H,5-6,9-11,15-16H2,1-4H3,(H,32,33)(H,28,30,31)/b12-7-,13-8+,18-14+/t17-,19-,22-,26-,27+/m1/s1. The van der Waals surface area contributed by atoms with E-state index in [4.69, 9.17) is 9.84 Å². The van der Waals surface area contributed by atoms with E-state index < -0.39 is 36.1 Å². The maximum atomic E-state index is 12.6. The van der Waals surface area contributed by atoms with Crippen LogP contribution in [-0.2, 0) is 23.9 Å². The van der Waals surface area contributed by atoms with Crippen molar-refractivity contribution in [2.24, 2.45) is 17.8 Å². The van der Waals surface area contributed by atoms with Gasteiger partial charge in [-0.05, 0) is 44.1 Å². The lowest BCUT2D eigenvalue weighted by atomic mass is 9.87. The molecular formula is C27H41NO8. The number of imide groups is 1. The molecule has 1 aliphatic rings. The summed E-state index contributed by atoms with van der Waals surface area (Å²) in [6.07, 6.45) is 8.46. The zero-order valence-electron chi connectivity index (χ0n) is 21.7. The Balaban J connectivity index is 2.57. The van der Waals surface area contributed by atoms with Crippen LogP contribution in [0.3, 0.4) is 0 Å². The lowest BCUT2D eigenvalue weighted by Gasteiger charge is -2.29. The van der Waals surface area contributed by atoms with Gasteiger partial charge in [-0.15, -0.1) is 0 Å². The number of ketones is 1. The molecule has 0 aromatic rings. The van der Waals surface area contributed by atoms with Crippen molar-refractivity contribution in [1.29, 1.82) is 0 Å². The fourth-order valence-electron chi connectivity index (χ4n) is 4.28. The second-order valence-corrected chi connectivity index (χ2v) is 9.54. The average Bonchev–Trinajstić information content (AvgIpc) is 2.81. The number of carboxylic acid groups (broad SMARTS) is 1. The first-order valence-electron chi connectivity index (χ1n) is 12.4. The Hall–Kier alpha value is -2.62. The van der Waals surface area contributed by atoms with Crippen LogP contribution in [0.4, 0.5) is 0 Å². The van der Waals surface area contributed by atoms with Crippen molar-refractivity contribution in [2.45, 2.75) is 84.0 Å². The molecule has 0 bridgehead atoms. The number of hydrogen-bond acceptors (Lipinski definition) is 7. The van der Waals surface area contributed by atoms with Crippen molar-refractivity contribution in [3.63, 3.8) is 0 Å². The summed E-state index contributed by atoms with van der Waals surface area (Å²) in [5.74, 6) is -2.54. The minimum absolute atomic E-state index is 0.0102. The van der Waals surface area contributed by atoms with Crippen LogP contribution in [0.25, 0.3) is 0 Å². The van der Waals surface area contributed by atoms with Crippen LogP contribution in [0.15, 0.2) is 36.0 Å². The van der Waals surface area contributed by atoms with Gasteiger partial charge in [-0.25, -0.2) is 4.79 Å². The molecule has 1 fully saturated rings. The number of carboxylic acids is 1. The minimum atomic E-state index is -1.00. The van der Waals surface area contributed by atoms with Gasteiger partial charge in [0.25, 0.3) is 0 Å². The number of carbonyl (C=O) groups excluding carboxylic acids is 3. The smallest absolute Gasteiger partial charge is 0.327 e. The number of piperidine rings is 1. The first kappa shape index (κ1) is 31.4. The van der Waals surface area contributed by atoms with E-state index in [0.29, 0.717) is 50.5 Å². The van der Waals surface area contributed by atoms with Crippen LogP contribution >= 0.6 is 0 Å². The molecule has 9 heteroatoms. The molecule has 0 aliphatic carbocycles. The molecule has 0 radical (unpaired) electrons. The molecule has 1 aliphatic heterocycles. The Morgan fingerprint density at radius 2 is 1.72 bits per heavy atom. The number of ether oxygens (including phenoxy) is 1. The molecule has 0 unspecified atom stereocenters. The van der Waals surface area contributed by atoms with E-state index in [9.17, 15) is 29.4 Å². The van der Waals surface area contributed by atoms with Gasteiger partial charge in [-0.3, -0.25) is 19.7 Å². The van der Waals surface area contributed by atoms with Crippen molar-refractivity contribution in [3.8, 4) is 0 Å². The molecule has 202 valence electrons. The van der Waals surface area contributed by atoms with E-state index in [2.05, 4.69) is 5.32 Å². The second-order valence-electron chi connectivity index (χ2n) is 9.54. The maximum absolute atomic E-state index is 12.6. The molecule has 1 rings (SSSR count). The molecule has 0 spiro atoms. The lowest BCUT2D eigenvalue weighted by Crippen LogP contribution is -2.39. The Morgan fingerprint density at radius 3 is 2.31 bits per heavy atom. The van der Waals surface area contributed by atoms with Crippen LogP contribution in [0.2, 0.25) is 0 Å². The fraction of sp³-hybridized carbons (Fsp3) is 0.630. The first-order chi connectivity index (χ1) is 17.0. The molecule has 1 saturated heterocycles. The highest BCUT2D eigenvalue weighted by molar-refractivity contribution is 5.97. The number of aliphatic carboxylic acids is 1. The second kappa shape index (κ2) is 16.2. The number of aliphatic hydroxyl groups is 2. The summed E-state index contributed by atoms with van der Waals surface area (Å²) in [5.41, 5.74) is 0.578. The number of nitrogens with one attached hydrogen (secondary N) is 1. The summed E-state index contributed by atoms with van der Waals surface area (Å²) in [7, 11) is 1.46. The highest BCUT2D eigenvalue weighted by atomic mass is 16.5. The zero-order chi connectivity index (χ0) is 27.3. The van der Waals surface area contributed by atoms with Gasteiger partial charge < -0.3 is 20.1 Å². The Morgan fingerprint density at radius 1 is 1.11 bits per heavy atom. The number of methoxy groups -OCH3 is 1. The summed E-state index contributed by atoms with van der Waals surface area (Å²) in [6, 6.07) is 0. The molecule has 2 amide bonds. The molecule has 0 aromatic heterocycles. The number of hydrogen-bond donors (Lipinski definition) is 4. The number of Topliss-reactive ketones (excluding diaryl/α,β-unsaturated/α-hetero) is 1. The first-order valence-corrected chi connectivity index (χ1v) is 12.4. The molecule has 1 heterocycles. The van der Waals surface area contributed by atoms with Gasteiger partial charge in [0.15, 0.2) is 0 Å². The largest absolute Gasteiger partial charge is 0.478 e. The van der Waals surface area contributed by atoms with Crippen molar-refractivity contribution in [2.75, 3.05) is 7.11 Å². The predicted molar refractivity (Wildman–Crippen MR) is 135 cm³/mol. The van der Waals surface area contributed by atoms with Crippen LogP contribution in [0.5, 0.6) is 0 Å². The average molecular weight is 508 g/mol. The van der Waals surface area contributed by atoms with Crippen LogP contribution in [0, 0.1) is 17.8 Å². The van der Waals surface area contributed by atoms with E-state index >= 15 is 0 Å². The quantitative estimate of drug-likeness (QED) is 0.108. The van der Waals surface area contributed by atoms with E-state index in [-0.39, 0.29) is 23.5 Å². The molecule has 9 nitrogen and oxygen atoms in total. The zero-order valence-corrected chi connectivity index (χ0v) is 21.7. The van der Waals surface area contributed by atoms with Crippen molar-refractivity contribution in [3.05, 3.63) is 36.0 Å². The van der Waals surface area contributed by atoms with E-state index in [1.54, 1.807) is 45.1 Å². The number of amides is 2. The molecule has 0 saturated carbocycles. The van der Waals surface area contributed by atoms with Gasteiger partial charge in [0, 0.05) is 44.3 Å². The summed E-state index contributed by atoms with van der Waals surface area (Å²) in [5, 5.41) is 32.4. The molecular weight excluding hydrogens is 466 g/mol. The summed E-state index contributed by atoms with van der Waals surface area (Å²) < 4.78 is 5.36. The normalized spacial score (nSPS) is 19.8. The number of unbranched alkanes of at least 4 members (excludes halogenated alkanes) is 1. The van der Waals surface area contributed by atoms with Crippen molar-refractivity contribution < 1.29 is 39.2 Å². The monoisotopic (exact) mass is 507 g/mol. The molecule has 0 aromatic carbocycles. The van der Waals surface area contributed by atoms with E-state index in [1.165, 1.54) is 7.11 Å². The van der Waals surface area contributed by atoms with Crippen LogP contribution in [-0.4, -0.2) is 64.3 Å². The van der Waals surface area contributed by atoms with Crippen LogP contribution < -0.4 is 5.32 Å². The summed E-state index contributed by atoms with van der Waals surface area (Å²) in [6.45, 7) is 5.18. The molecule has 36 heavy (non-hydrogen) atoms. The number of rotatable bonds is 16.